The molecule has 10 heavy (non-hydrogen) atoms. The van der Waals surface area contributed by atoms with E-state index < -0.39 is 0 Å². The minimum absolute atomic E-state index is 0.0358. The van der Waals surface area contributed by atoms with Crippen LogP contribution in [0.15, 0.2) is 6.20 Å². The highest BCUT2D eigenvalue weighted by Gasteiger charge is 2.06. The van der Waals surface area contributed by atoms with E-state index in [0.29, 0.717) is 0 Å². The number of methoxy groups -OCH3 is 1. The predicted molar refractivity (Wildman–Crippen MR) is 36.4 cm³/mol. The molecule has 1 heterocycles. The first-order chi connectivity index (χ1) is 4.74. The van der Waals surface area contributed by atoms with Crippen molar-refractivity contribution in [1.82, 2.24) is 15.0 Å². The maximum Gasteiger partial charge on any atom is 0.111 e. The Hall–Kier alpha value is -0.900. The van der Waals surface area contributed by atoms with E-state index in [1.165, 1.54) is 0 Å². The van der Waals surface area contributed by atoms with Crippen molar-refractivity contribution in [3.05, 3.63) is 11.9 Å². The Bertz CT molecular complexity index is 209. The molecule has 1 aromatic heterocycles. The predicted octanol–water partition coefficient (Wildman–Crippen LogP) is 0.522. The van der Waals surface area contributed by atoms with Gasteiger partial charge in [-0.2, -0.15) is 0 Å². The minimum Gasteiger partial charge on any atom is -0.375 e. The summed E-state index contributed by atoms with van der Waals surface area (Å²) >= 11 is 0. The Kier molecular flexibility index (Phi) is 2.01. The maximum atomic E-state index is 5.03. The summed E-state index contributed by atoms with van der Waals surface area (Å²) in [5, 5.41) is 7.65. The summed E-state index contributed by atoms with van der Waals surface area (Å²) < 4.78 is 6.69. The third-order valence-electron chi connectivity index (χ3n) is 1.39. The van der Waals surface area contributed by atoms with Gasteiger partial charge in [0.25, 0.3) is 0 Å². The van der Waals surface area contributed by atoms with Gasteiger partial charge in [0, 0.05) is 14.2 Å². The maximum absolute atomic E-state index is 5.03. The van der Waals surface area contributed by atoms with Gasteiger partial charge < -0.3 is 4.74 Å². The Morgan fingerprint density at radius 2 is 2.40 bits per heavy atom. The lowest BCUT2D eigenvalue weighted by atomic mass is 10.3. The average molecular weight is 141 g/mol. The Morgan fingerprint density at radius 1 is 1.70 bits per heavy atom. The topological polar surface area (TPSA) is 39.9 Å². The number of aromatic nitrogens is 3. The van der Waals surface area contributed by atoms with Gasteiger partial charge in [0.05, 0.1) is 12.3 Å². The molecule has 0 radical (unpaired) electrons. The van der Waals surface area contributed by atoms with Crippen LogP contribution < -0.4 is 0 Å². The summed E-state index contributed by atoms with van der Waals surface area (Å²) in [6.07, 6.45) is 1.88. The van der Waals surface area contributed by atoms with Crippen LogP contribution in [0.4, 0.5) is 0 Å². The van der Waals surface area contributed by atoms with Crippen LogP contribution in [-0.2, 0) is 11.8 Å². The van der Waals surface area contributed by atoms with E-state index in [4.69, 9.17) is 4.74 Å². The molecule has 0 fully saturated rings. The molecular formula is C6H11N3O. The van der Waals surface area contributed by atoms with E-state index in [2.05, 4.69) is 10.3 Å². The van der Waals surface area contributed by atoms with Gasteiger partial charge in [0.2, 0.25) is 0 Å². The highest BCUT2D eigenvalue weighted by atomic mass is 16.5. The molecule has 0 spiro atoms. The fourth-order valence-electron chi connectivity index (χ4n) is 0.672. The van der Waals surface area contributed by atoms with Gasteiger partial charge in [-0.25, -0.2) is 0 Å². The van der Waals surface area contributed by atoms with Gasteiger partial charge >= 0.3 is 0 Å². The van der Waals surface area contributed by atoms with E-state index in [9.17, 15) is 0 Å². The van der Waals surface area contributed by atoms with Gasteiger partial charge in [-0.3, -0.25) is 4.68 Å². The number of hydrogen-bond acceptors (Lipinski definition) is 3. The summed E-state index contributed by atoms with van der Waals surface area (Å²) in [4.78, 5) is 0. The van der Waals surface area contributed by atoms with Crippen molar-refractivity contribution >= 4 is 0 Å². The average Bonchev–Trinajstić information content (AvgIpc) is 2.34. The van der Waals surface area contributed by atoms with Crippen LogP contribution in [0.5, 0.6) is 0 Å². The number of hydrogen-bond donors (Lipinski definition) is 0. The highest BCUT2D eigenvalue weighted by molar-refractivity contribution is 4.95. The zero-order valence-corrected chi connectivity index (χ0v) is 6.40. The molecule has 0 aromatic carbocycles. The van der Waals surface area contributed by atoms with Gasteiger partial charge in [0.1, 0.15) is 5.69 Å². The molecule has 0 aliphatic heterocycles. The third-order valence-corrected chi connectivity index (χ3v) is 1.39. The van der Waals surface area contributed by atoms with Crippen molar-refractivity contribution in [1.29, 1.82) is 0 Å². The molecule has 0 saturated heterocycles. The minimum atomic E-state index is 0.0358. The second kappa shape index (κ2) is 2.79. The first-order valence-electron chi connectivity index (χ1n) is 3.13. The highest BCUT2D eigenvalue weighted by Crippen LogP contribution is 2.09. The first kappa shape index (κ1) is 7.21. The lowest BCUT2D eigenvalue weighted by Gasteiger charge is -2.02. The van der Waals surface area contributed by atoms with Crippen LogP contribution in [0.1, 0.15) is 18.7 Å². The zero-order valence-electron chi connectivity index (χ0n) is 6.40. The van der Waals surface area contributed by atoms with Gasteiger partial charge in [-0.1, -0.05) is 5.21 Å². The first-order valence-corrected chi connectivity index (χ1v) is 3.13. The van der Waals surface area contributed by atoms with Crippen molar-refractivity contribution in [3.63, 3.8) is 0 Å². The second-order valence-electron chi connectivity index (χ2n) is 2.20. The van der Waals surface area contributed by atoms with Crippen molar-refractivity contribution < 1.29 is 4.74 Å². The van der Waals surface area contributed by atoms with Crippen molar-refractivity contribution in [2.24, 2.45) is 7.05 Å². The zero-order chi connectivity index (χ0) is 7.56. The van der Waals surface area contributed by atoms with E-state index in [1.807, 2.05) is 20.2 Å². The third kappa shape index (κ3) is 1.33. The van der Waals surface area contributed by atoms with Crippen LogP contribution in [0.25, 0.3) is 0 Å². The van der Waals surface area contributed by atoms with E-state index in [-0.39, 0.29) is 6.10 Å². The van der Waals surface area contributed by atoms with Crippen LogP contribution in [0.2, 0.25) is 0 Å². The smallest absolute Gasteiger partial charge is 0.111 e. The number of rotatable bonds is 2. The molecule has 1 aromatic rings. The monoisotopic (exact) mass is 141 g/mol. The summed E-state index contributed by atoms with van der Waals surface area (Å²) in [6.45, 7) is 1.93. The van der Waals surface area contributed by atoms with Crippen LogP contribution >= 0.6 is 0 Å². The molecule has 1 atom stereocenters. The molecule has 4 heteroatoms. The fourth-order valence-corrected chi connectivity index (χ4v) is 0.672. The normalized spacial score (nSPS) is 13.5. The molecule has 4 nitrogen and oxygen atoms in total. The number of nitrogens with zero attached hydrogens (tertiary/aromatic N) is 3. The quantitative estimate of drug-likeness (QED) is 0.603. The van der Waals surface area contributed by atoms with Crippen molar-refractivity contribution in [3.8, 4) is 0 Å². The largest absolute Gasteiger partial charge is 0.375 e. The van der Waals surface area contributed by atoms with Crippen LogP contribution in [-0.4, -0.2) is 22.1 Å². The SMILES string of the molecule is COC(C)c1cn(C)nn1. The molecule has 0 amide bonds. The van der Waals surface area contributed by atoms with Gasteiger partial charge in [0.15, 0.2) is 0 Å². The molecule has 1 rings (SSSR count). The summed E-state index contributed by atoms with van der Waals surface area (Å²) in [5.41, 5.74) is 0.866. The van der Waals surface area contributed by atoms with E-state index in [1.54, 1.807) is 11.8 Å². The van der Waals surface area contributed by atoms with Crippen molar-refractivity contribution in [2.75, 3.05) is 7.11 Å². The van der Waals surface area contributed by atoms with Gasteiger partial charge in [-0.15, -0.1) is 5.10 Å². The molecule has 0 aliphatic rings. The summed E-state index contributed by atoms with van der Waals surface area (Å²) in [5.74, 6) is 0. The molecule has 0 bridgehead atoms. The Morgan fingerprint density at radius 3 is 2.80 bits per heavy atom. The summed E-state index contributed by atoms with van der Waals surface area (Å²) in [6, 6.07) is 0. The van der Waals surface area contributed by atoms with Crippen LogP contribution in [0, 0.1) is 0 Å². The van der Waals surface area contributed by atoms with E-state index in [0.717, 1.165) is 5.69 Å². The summed E-state index contributed by atoms with van der Waals surface area (Å²) in [7, 11) is 3.48. The number of ether oxygens (including phenoxy) is 1. The lowest BCUT2D eigenvalue weighted by Crippen LogP contribution is -1.95. The molecule has 0 saturated carbocycles. The molecule has 1 unspecified atom stereocenters. The van der Waals surface area contributed by atoms with Crippen molar-refractivity contribution in [2.45, 2.75) is 13.0 Å². The Labute approximate surface area is 59.8 Å². The van der Waals surface area contributed by atoms with Gasteiger partial charge in [-0.05, 0) is 6.92 Å². The van der Waals surface area contributed by atoms with Crippen LogP contribution in [0.3, 0.4) is 0 Å². The Balaban J connectivity index is 2.74. The number of aryl methyl sites for hydroxylation is 1. The molecular weight excluding hydrogens is 130 g/mol. The standard InChI is InChI=1S/C6H11N3O/c1-5(10-3)6-4-9(2)8-7-6/h4-5H,1-3H3. The molecule has 0 N–H and O–H groups in total. The second-order valence-corrected chi connectivity index (χ2v) is 2.20. The molecule has 0 aliphatic carbocycles. The molecule has 56 valence electrons. The lowest BCUT2D eigenvalue weighted by molar-refractivity contribution is 0.116. The fraction of sp³-hybridized carbons (Fsp3) is 0.667. The van der Waals surface area contributed by atoms with E-state index >= 15 is 0 Å².